The second-order valence-electron chi connectivity index (χ2n) is 6.46. The van der Waals surface area contributed by atoms with Gasteiger partial charge in [-0.25, -0.2) is 0 Å². The summed E-state index contributed by atoms with van der Waals surface area (Å²) in [4.78, 5) is 20.1. The molecule has 0 bridgehead atoms. The van der Waals surface area contributed by atoms with Crippen molar-refractivity contribution in [1.29, 1.82) is 0 Å². The van der Waals surface area contributed by atoms with Gasteiger partial charge in [-0.05, 0) is 31.9 Å². The van der Waals surface area contributed by atoms with Crippen LogP contribution in [0, 0.1) is 0 Å². The zero-order chi connectivity index (χ0) is 18.0. The highest BCUT2D eigenvalue weighted by Gasteiger charge is 2.33. The quantitative estimate of drug-likeness (QED) is 0.822. The topological polar surface area (TPSA) is 39.3 Å². The summed E-state index contributed by atoms with van der Waals surface area (Å²) < 4.78 is 0. The summed E-state index contributed by atoms with van der Waals surface area (Å²) in [5, 5.41) is 0.693. The summed E-state index contributed by atoms with van der Waals surface area (Å²) in [6.45, 7) is 6.74. The van der Waals surface area contributed by atoms with Gasteiger partial charge in [-0.1, -0.05) is 53.5 Å². The Morgan fingerprint density at radius 3 is 2.68 bits per heavy atom. The van der Waals surface area contributed by atoms with E-state index in [4.69, 9.17) is 23.2 Å². The number of H-pyrrole nitrogens is 1. The van der Waals surface area contributed by atoms with Gasteiger partial charge in [0.1, 0.15) is 10.8 Å². The van der Waals surface area contributed by atoms with E-state index >= 15 is 0 Å². The Bertz CT molecular complexity index is 712. The molecule has 1 saturated heterocycles. The lowest BCUT2D eigenvalue weighted by molar-refractivity contribution is 0.0684. The first-order valence-corrected chi connectivity index (χ1v) is 9.40. The van der Waals surface area contributed by atoms with Crippen LogP contribution < -0.4 is 0 Å². The lowest BCUT2D eigenvalue weighted by Gasteiger charge is -2.29. The van der Waals surface area contributed by atoms with E-state index in [2.05, 4.69) is 41.1 Å². The molecule has 1 aromatic carbocycles. The summed E-state index contributed by atoms with van der Waals surface area (Å²) >= 11 is 11.9. The molecule has 0 aliphatic carbocycles. The Morgan fingerprint density at radius 1 is 1.36 bits per heavy atom. The van der Waals surface area contributed by atoms with Crippen molar-refractivity contribution in [1.82, 2.24) is 14.8 Å². The number of aromatic amines is 1. The average molecular weight is 380 g/mol. The van der Waals surface area contributed by atoms with Crippen LogP contribution in [0.2, 0.25) is 10.2 Å². The third-order valence-electron chi connectivity index (χ3n) is 5.02. The number of nitrogens with one attached hydrogen (secondary N) is 1. The van der Waals surface area contributed by atoms with E-state index < -0.39 is 0 Å². The van der Waals surface area contributed by atoms with E-state index in [-0.39, 0.29) is 11.9 Å². The SMILES string of the molecule is CCN(C(=O)c1cc(Cl)c(Cl)[nH]1)C1CCN(C(C)c2ccccc2)C1. The van der Waals surface area contributed by atoms with Crippen molar-refractivity contribution in [3.05, 3.63) is 57.8 Å². The van der Waals surface area contributed by atoms with Crippen molar-refractivity contribution in [3.8, 4) is 0 Å². The summed E-state index contributed by atoms with van der Waals surface area (Å²) in [6.07, 6.45) is 0.971. The monoisotopic (exact) mass is 379 g/mol. The average Bonchev–Trinajstić information content (AvgIpc) is 3.23. The van der Waals surface area contributed by atoms with Gasteiger partial charge in [0.05, 0.1) is 5.02 Å². The zero-order valence-electron chi connectivity index (χ0n) is 14.5. The van der Waals surface area contributed by atoms with Crippen LogP contribution in [0.1, 0.15) is 42.4 Å². The molecule has 2 atom stereocenters. The maximum Gasteiger partial charge on any atom is 0.270 e. The summed E-state index contributed by atoms with van der Waals surface area (Å²) in [5.74, 6) is -0.0458. The fourth-order valence-electron chi connectivity index (χ4n) is 3.56. The van der Waals surface area contributed by atoms with Gasteiger partial charge >= 0.3 is 0 Å². The molecule has 0 saturated carbocycles. The lowest BCUT2D eigenvalue weighted by atomic mass is 10.1. The van der Waals surface area contributed by atoms with Gasteiger partial charge in [-0.2, -0.15) is 0 Å². The zero-order valence-corrected chi connectivity index (χ0v) is 16.0. The van der Waals surface area contributed by atoms with Crippen molar-refractivity contribution in [2.24, 2.45) is 0 Å². The molecule has 1 amide bonds. The molecule has 1 aromatic heterocycles. The number of hydrogen-bond acceptors (Lipinski definition) is 2. The van der Waals surface area contributed by atoms with Crippen molar-refractivity contribution in [2.75, 3.05) is 19.6 Å². The Morgan fingerprint density at radius 2 is 2.08 bits per heavy atom. The van der Waals surface area contributed by atoms with E-state index in [9.17, 15) is 4.79 Å². The van der Waals surface area contributed by atoms with Gasteiger partial charge in [-0.3, -0.25) is 9.69 Å². The molecule has 0 spiro atoms. The minimum absolute atomic E-state index is 0.0458. The maximum atomic E-state index is 12.8. The molecular formula is C19H23Cl2N3O. The van der Waals surface area contributed by atoms with Crippen molar-refractivity contribution in [2.45, 2.75) is 32.4 Å². The molecule has 1 fully saturated rings. The Hall–Kier alpha value is -1.49. The standard InChI is InChI=1S/C19H23Cl2N3O/c1-3-24(19(25)17-11-16(20)18(21)22-17)15-9-10-23(12-15)13(2)14-7-5-4-6-8-14/h4-8,11,13,15,22H,3,9-10,12H2,1-2H3. The molecular weight excluding hydrogens is 357 g/mol. The summed E-state index contributed by atoms with van der Waals surface area (Å²) in [7, 11) is 0. The van der Waals surface area contributed by atoms with Crippen LogP contribution in [0.4, 0.5) is 0 Å². The molecule has 25 heavy (non-hydrogen) atoms. The van der Waals surface area contributed by atoms with E-state index in [1.54, 1.807) is 6.07 Å². The highest BCUT2D eigenvalue weighted by atomic mass is 35.5. The van der Waals surface area contributed by atoms with E-state index in [1.165, 1.54) is 5.56 Å². The van der Waals surface area contributed by atoms with E-state index in [0.29, 0.717) is 28.5 Å². The van der Waals surface area contributed by atoms with E-state index in [0.717, 1.165) is 19.5 Å². The second kappa shape index (κ2) is 7.81. The molecule has 1 aliphatic heterocycles. The number of hydrogen-bond donors (Lipinski definition) is 1. The molecule has 134 valence electrons. The fraction of sp³-hybridized carbons (Fsp3) is 0.421. The molecule has 1 aliphatic rings. The summed E-state index contributed by atoms with van der Waals surface area (Å²) in [6, 6.07) is 12.6. The number of rotatable bonds is 5. The first kappa shape index (κ1) is 18.3. The third kappa shape index (κ3) is 3.86. The second-order valence-corrected chi connectivity index (χ2v) is 7.25. The van der Waals surface area contributed by atoms with Gasteiger partial charge in [0, 0.05) is 31.7 Å². The molecule has 2 unspecified atom stereocenters. The van der Waals surface area contributed by atoms with Crippen LogP contribution >= 0.6 is 23.2 Å². The van der Waals surface area contributed by atoms with Gasteiger partial charge in [0.2, 0.25) is 0 Å². The minimum Gasteiger partial charge on any atom is -0.340 e. The van der Waals surface area contributed by atoms with Crippen molar-refractivity contribution < 1.29 is 4.79 Å². The third-order valence-corrected chi connectivity index (χ3v) is 5.72. The van der Waals surface area contributed by atoms with Crippen LogP contribution in [0.3, 0.4) is 0 Å². The number of likely N-dealkylation sites (N-methyl/N-ethyl adjacent to an activating group) is 1. The Kier molecular flexibility index (Phi) is 5.72. The molecule has 3 rings (SSSR count). The molecule has 6 heteroatoms. The van der Waals surface area contributed by atoms with Crippen molar-refractivity contribution >= 4 is 29.1 Å². The highest BCUT2D eigenvalue weighted by molar-refractivity contribution is 6.41. The molecule has 1 N–H and O–H groups in total. The van der Waals surface area contributed by atoms with Crippen LogP contribution in [0.15, 0.2) is 36.4 Å². The Labute approximate surface area is 158 Å². The highest BCUT2D eigenvalue weighted by Crippen LogP contribution is 2.28. The predicted molar refractivity (Wildman–Crippen MR) is 102 cm³/mol. The predicted octanol–water partition coefficient (Wildman–Crippen LogP) is 4.62. The molecule has 2 heterocycles. The first-order valence-electron chi connectivity index (χ1n) is 8.65. The number of aromatic nitrogens is 1. The molecule has 2 aromatic rings. The number of amides is 1. The normalized spacial score (nSPS) is 19.1. The number of halogens is 2. The lowest BCUT2D eigenvalue weighted by Crippen LogP contribution is -2.42. The largest absolute Gasteiger partial charge is 0.340 e. The number of carbonyl (C=O) groups excluding carboxylic acids is 1. The van der Waals surface area contributed by atoms with Gasteiger partial charge in [0.15, 0.2) is 0 Å². The van der Waals surface area contributed by atoms with Gasteiger partial charge in [0.25, 0.3) is 5.91 Å². The smallest absolute Gasteiger partial charge is 0.270 e. The Balaban J connectivity index is 1.70. The van der Waals surface area contributed by atoms with Crippen LogP contribution in [-0.4, -0.2) is 46.4 Å². The maximum absolute atomic E-state index is 12.8. The van der Waals surface area contributed by atoms with Gasteiger partial charge in [-0.15, -0.1) is 0 Å². The van der Waals surface area contributed by atoms with Crippen molar-refractivity contribution in [3.63, 3.8) is 0 Å². The minimum atomic E-state index is -0.0458. The van der Waals surface area contributed by atoms with E-state index in [1.807, 2.05) is 17.9 Å². The van der Waals surface area contributed by atoms with Crippen LogP contribution in [0.5, 0.6) is 0 Å². The number of likely N-dealkylation sites (tertiary alicyclic amines) is 1. The molecule has 0 radical (unpaired) electrons. The first-order chi connectivity index (χ1) is 12.0. The summed E-state index contributed by atoms with van der Waals surface area (Å²) in [5.41, 5.74) is 1.76. The molecule has 4 nitrogen and oxygen atoms in total. The fourth-order valence-corrected chi connectivity index (χ4v) is 3.87. The number of carbonyl (C=O) groups is 1. The number of nitrogens with zero attached hydrogens (tertiary/aromatic N) is 2. The van der Waals surface area contributed by atoms with Crippen LogP contribution in [-0.2, 0) is 0 Å². The van der Waals surface area contributed by atoms with Crippen LogP contribution in [0.25, 0.3) is 0 Å². The van der Waals surface area contributed by atoms with Gasteiger partial charge < -0.3 is 9.88 Å². The number of benzene rings is 1.